The van der Waals surface area contributed by atoms with E-state index in [-0.39, 0.29) is 23.4 Å². The minimum atomic E-state index is -3.53. The molecule has 0 radical (unpaired) electrons. The lowest BCUT2D eigenvalue weighted by molar-refractivity contribution is -0.115. The molecular formula is C18H30N4O4S. The number of anilines is 1. The topological polar surface area (TPSA) is 99.8 Å². The largest absolute Gasteiger partial charge is 0.379 e. The zero-order chi connectivity index (χ0) is 19.7. The second-order valence-electron chi connectivity index (χ2n) is 6.63. The Balaban J connectivity index is 1.74. The lowest BCUT2D eigenvalue weighted by Gasteiger charge is -2.26. The number of rotatable bonds is 10. The average Bonchev–Trinajstić information content (AvgIpc) is 2.66. The number of nitrogens with one attached hydrogen (secondary N) is 3. The Morgan fingerprint density at radius 3 is 2.52 bits per heavy atom. The molecule has 1 aromatic rings. The van der Waals surface area contributed by atoms with Crippen molar-refractivity contribution in [2.45, 2.75) is 31.2 Å². The number of carbonyl (C=O) groups is 1. The number of benzene rings is 1. The summed E-state index contributed by atoms with van der Waals surface area (Å²) in [4.78, 5) is 14.5. The summed E-state index contributed by atoms with van der Waals surface area (Å²) in [5, 5.41) is 5.88. The SMILES string of the molecule is CCC(C)NS(=O)(=O)c1ccc(NC(=O)CNCCN2CCOCC2)cc1. The van der Waals surface area contributed by atoms with Crippen LogP contribution in [-0.4, -0.2) is 71.2 Å². The van der Waals surface area contributed by atoms with Crippen LogP contribution in [0.25, 0.3) is 0 Å². The van der Waals surface area contributed by atoms with Gasteiger partial charge < -0.3 is 15.4 Å². The Hall–Kier alpha value is -1.52. The van der Waals surface area contributed by atoms with Crippen LogP contribution in [-0.2, 0) is 19.6 Å². The van der Waals surface area contributed by atoms with Crippen molar-refractivity contribution < 1.29 is 17.9 Å². The molecule has 0 aromatic heterocycles. The van der Waals surface area contributed by atoms with Gasteiger partial charge in [0.2, 0.25) is 15.9 Å². The zero-order valence-electron chi connectivity index (χ0n) is 16.0. The fraction of sp³-hybridized carbons (Fsp3) is 0.611. The van der Waals surface area contributed by atoms with Crippen LogP contribution in [0.3, 0.4) is 0 Å². The number of hydrogen-bond acceptors (Lipinski definition) is 6. The summed E-state index contributed by atoms with van der Waals surface area (Å²) < 4.78 is 32.3. The van der Waals surface area contributed by atoms with Gasteiger partial charge in [0.05, 0.1) is 24.7 Å². The number of nitrogens with zero attached hydrogens (tertiary/aromatic N) is 1. The normalized spacial score (nSPS) is 16.8. The van der Waals surface area contributed by atoms with Gasteiger partial charge in [0, 0.05) is 37.9 Å². The molecule has 0 aliphatic carbocycles. The number of ether oxygens (including phenoxy) is 1. The Labute approximate surface area is 161 Å². The van der Waals surface area contributed by atoms with Crippen molar-refractivity contribution in [1.29, 1.82) is 0 Å². The third-order valence-electron chi connectivity index (χ3n) is 4.41. The molecular weight excluding hydrogens is 368 g/mol. The summed E-state index contributed by atoms with van der Waals surface area (Å²) in [5.74, 6) is -0.162. The average molecular weight is 399 g/mol. The van der Waals surface area contributed by atoms with E-state index < -0.39 is 10.0 Å². The van der Waals surface area contributed by atoms with Gasteiger partial charge in [-0.3, -0.25) is 9.69 Å². The Morgan fingerprint density at radius 1 is 1.22 bits per heavy atom. The molecule has 2 rings (SSSR count). The van der Waals surface area contributed by atoms with Crippen LogP contribution in [0, 0.1) is 0 Å². The lowest BCUT2D eigenvalue weighted by Crippen LogP contribution is -2.41. The quantitative estimate of drug-likeness (QED) is 0.500. The molecule has 1 atom stereocenters. The van der Waals surface area contributed by atoms with Crippen LogP contribution in [0.2, 0.25) is 0 Å². The van der Waals surface area contributed by atoms with Crippen LogP contribution in [0.15, 0.2) is 29.2 Å². The zero-order valence-corrected chi connectivity index (χ0v) is 16.8. The van der Waals surface area contributed by atoms with Gasteiger partial charge in [-0.05, 0) is 37.6 Å². The minimum absolute atomic E-state index is 0.127. The first-order valence-electron chi connectivity index (χ1n) is 9.34. The number of sulfonamides is 1. The van der Waals surface area contributed by atoms with Crippen molar-refractivity contribution in [2.24, 2.45) is 0 Å². The maximum absolute atomic E-state index is 12.2. The molecule has 1 amide bonds. The summed E-state index contributed by atoms with van der Waals surface area (Å²) in [7, 11) is -3.53. The molecule has 1 aliphatic rings. The Bertz CT molecular complexity index is 688. The summed E-state index contributed by atoms with van der Waals surface area (Å²) in [6.45, 7) is 8.93. The Kier molecular flexibility index (Phi) is 8.65. The van der Waals surface area contributed by atoms with Crippen LogP contribution in [0.4, 0.5) is 5.69 Å². The predicted molar refractivity (Wildman–Crippen MR) is 105 cm³/mol. The van der Waals surface area contributed by atoms with Gasteiger partial charge in [0.15, 0.2) is 0 Å². The van der Waals surface area contributed by atoms with Crippen LogP contribution in [0.5, 0.6) is 0 Å². The monoisotopic (exact) mass is 398 g/mol. The van der Waals surface area contributed by atoms with Gasteiger partial charge in [-0.25, -0.2) is 13.1 Å². The van der Waals surface area contributed by atoms with E-state index in [1.807, 2.05) is 13.8 Å². The minimum Gasteiger partial charge on any atom is -0.379 e. The highest BCUT2D eigenvalue weighted by molar-refractivity contribution is 7.89. The van der Waals surface area contributed by atoms with E-state index in [2.05, 4.69) is 20.3 Å². The highest BCUT2D eigenvalue weighted by Gasteiger charge is 2.16. The first-order valence-corrected chi connectivity index (χ1v) is 10.8. The molecule has 3 N–H and O–H groups in total. The van der Waals surface area contributed by atoms with Crippen LogP contribution in [0.1, 0.15) is 20.3 Å². The van der Waals surface area contributed by atoms with E-state index in [4.69, 9.17) is 4.74 Å². The molecule has 27 heavy (non-hydrogen) atoms. The molecule has 1 heterocycles. The van der Waals surface area contributed by atoms with E-state index >= 15 is 0 Å². The van der Waals surface area contributed by atoms with Gasteiger partial charge in [-0.2, -0.15) is 0 Å². The van der Waals surface area contributed by atoms with Crippen molar-refractivity contribution in [3.8, 4) is 0 Å². The second kappa shape index (κ2) is 10.7. The number of amides is 1. The number of hydrogen-bond donors (Lipinski definition) is 3. The van der Waals surface area contributed by atoms with Gasteiger partial charge in [-0.1, -0.05) is 6.92 Å². The first-order chi connectivity index (χ1) is 12.9. The molecule has 1 aromatic carbocycles. The molecule has 0 bridgehead atoms. The Morgan fingerprint density at radius 2 is 1.89 bits per heavy atom. The van der Waals surface area contributed by atoms with Gasteiger partial charge in [-0.15, -0.1) is 0 Å². The van der Waals surface area contributed by atoms with E-state index in [9.17, 15) is 13.2 Å². The van der Waals surface area contributed by atoms with Crippen molar-refractivity contribution in [1.82, 2.24) is 14.9 Å². The lowest BCUT2D eigenvalue weighted by atomic mass is 10.3. The summed E-state index contributed by atoms with van der Waals surface area (Å²) in [5.41, 5.74) is 0.567. The van der Waals surface area contributed by atoms with Crippen molar-refractivity contribution in [2.75, 3.05) is 51.3 Å². The first kappa shape index (κ1) is 21.8. The highest BCUT2D eigenvalue weighted by atomic mass is 32.2. The van der Waals surface area contributed by atoms with Gasteiger partial charge in [0.25, 0.3) is 0 Å². The number of morpholine rings is 1. The molecule has 0 spiro atoms. The van der Waals surface area contributed by atoms with Gasteiger partial charge >= 0.3 is 0 Å². The van der Waals surface area contributed by atoms with E-state index in [1.54, 1.807) is 12.1 Å². The molecule has 1 unspecified atom stereocenters. The smallest absolute Gasteiger partial charge is 0.240 e. The molecule has 0 saturated carbocycles. The second-order valence-corrected chi connectivity index (χ2v) is 8.35. The molecule has 1 aliphatic heterocycles. The predicted octanol–water partition coefficient (Wildman–Crippen LogP) is 0.624. The standard InChI is InChI=1S/C18H30N4O4S/c1-3-15(2)21-27(24,25)17-6-4-16(5-7-17)20-18(23)14-19-8-9-22-10-12-26-13-11-22/h4-7,15,19,21H,3,8-14H2,1-2H3,(H,20,23). The van der Waals surface area contributed by atoms with E-state index in [1.165, 1.54) is 12.1 Å². The van der Waals surface area contributed by atoms with E-state index in [0.717, 1.165) is 39.4 Å². The summed E-state index contributed by atoms with van der Waals surface area (Å²) in [6.07, 6.45) is 0.714. The summed E-state index contributed by atoms with van der Waals surface area (Å²) >= 11 is 0. The third kappa shape index (κ3) is 7.55. The van der Waals surface area contributed by atoms with Crippen LogP contribution >= 0.6 is 0 Å². The maximum Gasteiger partial charge on any atom is 0.240 e. The maximum atomic E-state index is 12.2. The molecule has 8 nitrogen and oxygen atoms in total. The summed E-state index contributed by atoms with van der Waals surface area (Å²) in [6, 6.07) is 6.05. The van der Waals surface area contributed by atoms with Gasteiger partial charge in [0.1, 0.15) is 0 Å². The van der Waals surface area contributed by atoms with Crippen LogP contribution < -0.4 is 15.4 Å². The third-order valence-corrected chi connectivity index (χ3v) is 6.02. The van der Waals surface area contributed by atoms with Crippen molar-refractivity contribution in [3.05, 3.63) is 24.3 Å². The number of carbonyl (C=O) groups excluding carboxylic acids is 1. The molecule has 1 saturated heterocycles. The fourth-order valence-electron chi connectivity index (χ4n) is 2.60. The molecule has 9 heteroatoms. The molecule has 1 fully saturated rings. The fourth-order valence-corrected chi connectivity index (χ4v) is 3.93. The highest BCUT2D eigenvalue weighted by Crippen LogP contribution is 2.14. The van der Waals surface area contributed by atoms with Crippen molar-refractivity contribution in [3.63, 3.8) is 0 Å². The van der Waals surface area contributed by atoms with E-state index in [0.29, 0.717) is 12.1 Å². The molecule has 152 valence electrons. The van der Waals surface area contributed by atoms with Crippen molar-refractivity contribution >= 4 is 21.6 Å².